The quantitative estimate of drug-likeness (QED) is 0.278. The Morgan fingerprint density at radius 2 is 1.83 bits per heavy atom. The minimum absolute atomic E-state index is 0.205. The third-order valence-electron chi connectivity index (χ3n) is 0.682. The highest BCUT2D eigenvalue weighted by Gasteiger charge is 1.80. The Hall–Kier alpha value is -0.0300. The first-order chi connectivity index (χ1) is 5.65. The summed E-state index contributed by atoms with van der Waals surface area (Å²) in [6.07, 6.45) is 2.41. The molecule has 0 heterocycles. The second-order valence-corrected chi connectivity index (χ2v) is 2.25. The summed E-state index contributed by atoms with van der Waals surface area (Å²) < 4.78 is 4.95. The molecule has 74 valence electrons. The molecule has 6 heteroatoms. The van der Waals surface area contributed by atoms with Crippen LogP contribution in [0.2, 0.25) is 0 Å². The van der Waals surface area contributed by atoms with E-state index >= 15 is 0 Å². The Bertz CT molecular complexity index is 85.3. The average molecular weight is 198 g/mol. The van der Waals surface area contributed by atoms with E-state index in [1.807, 2.05) is 0 Å². The second-order valence-electron chi connectivity index (χ2n) is 1.71. The first-order valence-electron chi connectivity index (χ1n) is 3.31. The molecule has 0 aliphatic rings. The van der Waals surface area contributed by atoms with Crippen molar-refractivity contribution < 1.29 is 24.5 Å². The molecule has 0 amide bonds. The fourth-order valence-electron chi connectivity index (χ4n) is 0.333. The summed E-state index contributed by atoms with van der Waals surface area (Å²) in [6.45, 7) is 4.89. The largest absolute Gasteiger partial charge is 0.396 e. The van der Waals surface area contributed by atoms with Crippen LogP contribution in [0.1, 0.15) is 6.42 Å². The van der Waals surface area contributed by atoms with Crippen LogP contribution < -0.4 is 0 Å². The van der Waals surface area contributed by atoms with Crippen molar-refractivity contribution in [1.82, 2.24) is 0 Å². The lowest BCUT2D eigenvalue weighted by Crippen LogP contribution is -1.95. The van der Waals surface area contributed by atoms with Crippen LogP contribution in [-0.4, -0.2) is 39.6 Å². The summed E-state index contributed by atoms with van der Waals surface area (Å²) in [5, 5.41) is 8.26. The van der Waals surface area contributed by atoms with Gasteiger partial charge in [-0.3, -0.25) is 0 Å². The van der Waals surface area contributed by atoms with E-state index in [-0.39, 0.29) is 6.61 Å². The summed E-state index contributed by atoms with van der Waals surface area (Å²) in [6, 6.07) is 0. The second kappa shape index (κ2) is 13.6. The van der Waals surface area contributed by atoms with Crippen LogP contribution in [0.3, 0.4) is 0 Å². The van der Waals surface area contributed by atoms with Crippen LogP contribution in [0.25, 0.3) is 0 Å². The van der Waals surface area contributed by atoms with Crippen molar-refractivity contribution in [3.05, 3.63) is 12.7 Å². The van der Waals surface area contributed by atoms with Gasteiger partial charge in [0.05, 0.1) is 6.61 Å². The molecule has 0 aromatic carbocycles. The third kappa shape index (κ3) is 32.5. The lowest BCUT2D eigenvalue weighted by atomic mass is 10.5. The number of hydrogen-bond acceptors (Lipinski definition) is 5. The molecule has 0 atom stereocenters. The molecule has 4 N–H and O–H groups in total. The summed E-state index contributed by atoms with van der Waals surface area (Å²) in [5.74, 6) is 0. The molecule has 0 radical (unpaired) electrons. The molecular formula is C6H15O5P. The average Bonchev–Trinajstić information content (AvgIpc) is 1.97. The number of rotatable bonds is 5. The smallest absolute Gasteiger partial charge is 0.324 e. The fourth-order valence-corrected chi connectivity index (χ4v) is 0.333. The van der Waals surface area contributed by atoms with Gasteiger partial charge in [-0.25, -0.2) is 0 Å². The fraction of sp³-hybridized carbons (Fsp3) is 0.667. The summed E-state index contributed by atoms with van der Waals surface area (Å²) >= 11 is 0. The molecule has 0 rings (SSSR count). The monoisotopic (exact) mass is 198 g/mol. The Morgan fingerprint density at radius 3 is 2.17 bits per heavy atom. The van der Waals surface area contributed by atoms with Crippen LogP contribution >= 0.6 is 8.60 Å². The number of aliphatic hydroxyl groups is 1. The Balaban J connectivity index is 0. The lowest BCUT2D eigenvalue weighted by molar-refractivity contribution is 0.139. The SMILES string of the molecule is C=CCOCCCO.OP(O)O. The van der Waals surface area contributed by atoms with Crippen molar-refractivity contribution in [3.63, 3.8) is 0 Å². The normalized spacial score (nSPS) is 9.08. The van der Waals surface area contributed by atoms with Crippen LogP contribution in [0.5, 0.6) is 0 Å². The van der Waals surface area contributed by atoms with Crippen LogP contribution in [0, 0.1) is 0 Å². The summed E-state index contributed by atoms with van der Waals surface area (Å²) in [4.78, 5) is 21.7. The van der Waals surface area contributed by atoms with Crippen molar-refractivity contribution in [2.75, 3.05) is 19.8 Å². The van der Waals surface area contributed by atoms with Crippen molar-refractivity contribution in [1.29, 1.82) is 0 Å². The molecule has 0 unspecified atom stereocenters. The molecule has 0 aromatic heterocycles. The van der Waals surface area contributed by atoms with Gasteiger partial charge >= 0.3 is 8.60 Å². The first-order valence-corrected chi connectivity index (χ1v) is 4.51. The molecule has 0 aliphatic heterocycles. The highest BCUT2D eigenvalue weighted by Crippen LogP contribution is 2.11. The number of aliphatic hydroxyl groups excluding tert-OH is 1. The van der Waals surface area contributed by atoms with Crippen molar-refractivity contribution >= 4 is 8.60 Å². The van der Waals surface area contributed by atoms with Gasteiger partial charge in [0.2, 0.25) is 0 Å². The predicted octanol–water partition coefficient (Wildman–Crippen LogP) is -0.238. The lowest BCUT2D eigenvalue weighted by Gasteiger charge is -1.95. The van der Waals surface area contributed by atoms with Gasteiger partial charge in [0.1, 0.15) is 0 Å². The molecule has 0 saturated carbocycles. The maximum Gasteiger partial charge on any atom is 0.324 e. The maximum atomic E-state index is 8.26. The van der Waals surface area contributed by atoms with Crippen molar-refractivity contribution in [3.8, 4) is 0 Å². The molecule has 12 heavy (non-hydrogen) atoms. The maximum absolute atomic E-state index is 8.26. The van der Waals surface area contributed by atoms with E-state index in [1.54, 1.807) is 6.08 Å². The predicted molar refractivity (Wildman–Crippen MR) is 46.3 cm³/mol. The first kappa shape index (κ1) is 14.5. The van der Waals surface area contributed by atoms with E-state index < -0.39 is 8.60 Å². The van der Waals surface area contributed by atoms with Gasteiger partial charge in [0.15, 0.2) is 0 Å². The Labute approximate surface area is 72.9 Å². The van der Waals surface area contributed by atoms with Gasteiger partial charge in [0.25, 0.3) is 0 Å². The molecule has 0 aliphatic carbocycles. The van der Waals surface area contributed by atoms with Gasteiger partial charge in [-0.15, -0.1) is 6.58 Å². The molecule has 0 aromatic rings. The Morgan fingerprint density at radius 1 is 1.33 bits per heavy atom. The molecule has 0 bridgehead atoms. The van der Waals surface area contributed by atoms with E-state index in [9.17, 15) is 0 Å². The van der Waals surface area contributed by atoms with E-state index in [2.05, 4.69) is 6.58 Å². The van der Waals surface area contributed by atoms with Gasteiger partial charge in [-0.2, -0.15) is 0 Å². The topological polar surface area (TPSA) is 90.2 Å². The molecule has 0 fully saturated rings. The van der Waals surface area contributed by atoms with Gasteiger partial charge in [-0.1, -0.05) is 6.08 Å². The van der Waals surface area contributed by atoms with Crippen LogP contribution in [-0.2, 0) is 4.74 Å². The van der Waals surface area contributed by atoms with Crippen LogP contribution in [0.4, 0.5) is 0 Å². The van der Waals surface area contributed by atoms with Crippen LogP contribution in [0.15, 0.2) is 12.7 Å². The van der Waals surface area contributed by atoms with Gasteiger partial charge < -0.3 is 24.5 Å². The standard InChI is InChI=1S/C6H12O2.H3O3P/c1-2-5-8-6-3-4-7;1-4(2)3/h2,7H,1,3-6H2;1-3H. The zero-order valence-electron chi connectivity index (χ0n) is 6.76. The highest BCUT2D eigenvalue weighted by molar-refractivity contribution is 7.38. The van der Waals surface area contributed by atoms with E-state index in [4.69, 9.17) is 24.5 Å². The minimum Gasteiger partial charge on any atom is -0.396 e. The molecule has 0 spiro atoms. The van der Waals surface area contributed by atoms with E-state index in [1.165, 1.54) is 0 Å². The molecular weight excluding hydrogens is 183 g/mol. The molecule has 5 nitrogen and oxygen atoms in total. The van der Waals surface area contributed by atoms with Gasteiger partial charge in [-0.05, 0) is 6.42 Å². The zero-order chi connectivity index (χ0) is 9.82. The minimum atomic E-state index is -2.62. The Kier molecular flexibility index (Phi) is 16.4. The van der Waals surface area contributed by atoms with Crippen molar-refractivity contribution in [2.24, 2.45) is 0 Å². The summed E-state index contributed by atoms with van der Waals surface area (Å²) in [5.41, 5.74) is 0. The summed E-state index contributed by atoms with van der Waals surface area (Å²) in [7, 11) is -2.62. The van der Waals surface area contributed by atoms with Gasteiger partial charge in [0, 0.05) is 13.2 Å². The van der Waals surface area contributed by atoms with E-state index in [0.29, 0.717) is 19.6 Å². The molecule has 0 saturated heterocycles. The zero-order valence-corrected chi connectivity index (χ0v) is 7.65. The third-order valence-corrected chi connectivity index (χ3v) is 0.682. The van der Waals surface area contributed by atoms with Crippen molar-refractivity contribution in [2.45, 2.75) is 6.42 Å². The number of hydrogen-bond donors (Lipinski definition) is 4. The highest BCUT2D eigenvalue weighted by atomic mass is 31.2. The van der Waals surface area contributed by atoms with E-state index in [0.717, 1.165) is 0 Å². The number of ether oxygens (including phenoxy) is 1.